The number of aryl methyl sites for hydroxylation is 1. The van der Waals surface area contributed by atoms with Crippen LogP contribution in [-0.4, -0.2) is 30.8 Å². The lowest BCUT2D eigenvalue weighted by Gasteiger charge is -2.26. The molecule has 1 unspecified atom stereocenters. The first-order valence-electron chi connectivity index (χ1n) is 7.59. The molecular formula is C15H18N6S. The maximum absolute atomic E-state index is 4.42. The van der Waals surface area contributed by atoms with Crippen molar-refractivity contribution in [3.05, 3.63) is 29.4 Å². The van der Waals surface area contributed by atoms with E-state index >= 15 is 0 Å². The van der Waals surface area contributed by atoms with Gasteiger partial charge < -0.3 is 9.88 Å². The SMILES string of the molecule is CC(C)c1nnc2n1CC(Nc1ncnc3ccsc13)CC2. The molecule has 3 aromatic heterocycles. The van der Waals surface area contributed by atoms with E-state index in [4.69, 9.17) is 0 Å². The van der Waals surface area contributed by atoms with Crippen molar-refractivity contribution in [3.8, 4) is 0 Å². The molecule has 6 nitrogen and oxygen atoms in total. The monoisotopic (exact) mass is 314 g/mol. The number of hydrogen-bond acceptors (Lipinski definition) is 6. The van der Waals surface area contributed by atoms with E-state index in [1.54, 1.807) is 17.7 Å². The van der Waals surface area contributed by atoms with Gasteiger partial charge in [-0.05, 0) is 17.9 Å². The zero-order valence-corrected chi connectivity index (χ0v) is 13.5. The lowest BCUT2D eigenvalue weighted by atomic mass is 10.1. The van der Waals surface area contributed by atoms with Crippen molar-refractivity contribution in [2.45, 2.75) is 45.2 Å². The Morgan fingerprint density at radius 2 is 2.23 bits per heavy atom. The van der Waals surface area contributed by atoms with Gasteiger partial charge in [0, 0.05) is 24.9 Å². The second-order valence-corrected chi connectivity index (χ2v) is 6.89. The molecule has 4 heterocycles. The van der Waals surface area contributed by atoms with Crippen LogP contribution < -0.4 is 5.32 Å². The molecule has 0 spiro atoms. The van der Waals surface area contributed by atoms with Crippen LogP contribution in [0.5, 0.6) is 0 Å². The molecule has 4 rings (SSSR count). The van der Waals surface area contributed by atoms with E-state index in [1.165, 1.54) is 0 Å². The van der Waals surface area contributed by atoms with Gasteiger partial charge in [-0.3, -0.25) is 0 Å². The van der Waals surface area contributed by atoms with Crippen molar-refractivity contribution in [1.82, 2.24) is 24.7 Å². The first-order valence-corrected chi connectivity index (χ1v) is 8.47. The van der Waals surface area contributed by atoms with Gasteiger partial charge in [-0.2, -0.15) is 0 Å². The van der Waals surface area contributed by atoms with E-state index in [-0.39, 0.29) is 0 Å². The van der Waals surface area contributed by atoms with Gasteiger partial charge >= 0.3 is 0 Å². The minimum atomic E-state index is 0.348. The van der Waals surface area contributed by atoms with E-state index in [2.05, 4.69) is 49.3 Å². The van der Waals surface area contributed by atoms with Crippen LogP contribution in [0.15, 0.2) is 17.8 Å². The fourth-order valence-electron chi connectivity index (χ4n) is 2.98. The van der Waals surface area contributed by atoms with Gasteiger partial charge in [0.25, 0.3) is 0 Å². The third-order valence-electron chi connectivity index (χ3n) is 4.08. The predicted molar refractivity (Wildman–Crippen MR) is 87.3 cm³/mol. The number of fused-ring (bicyclic) bond motifs is 2. The van der Waals surface area contributed by atoms with E-state index in [0.29, 0.717) is 12.0 Å². The molecule has 3 aromatic rings. The van der Waals surface area contributed by atoms with Gasteiger partial charge in [-0.15, -0.1) is 21.5 Å². The average Bonchev–Trinajstić information content (AvgIpc) is 3.13. The third kappa shape index (κ3) is 2.25. The highest BCUT2D eigenvalue weighted by Gasteiger charge is 2.24. The molecule has 1 atom stereocenters. The van der Waals surface area contributed by atoms with Crippen LogP contribution >= 0.6 is 11.3 Å². The molecule has 0 fully saturated rings. The largest absolute Gasteiger partial charge is 0.364 e. The zero-order valence-electron chi connectivity index (χ0n) is 12.7. The van der Waals surface area contributed by atoms with E-state index in [9.17, 15) is 0 Å². The lowest BCUT2D eigenvalue weighted by molar-refractivity contribution is 0.459. The number of aromatic nitrogens is 5. The van der Waals surface area contributed by atoms with E-state index in [1.807, 2.05) is 6.07 Å². The van der Waals surface area contributed by atoms with Crippen LogP contribution in [-0.2, 0) is 13.0 Å². The van der Waals surface area contributed by atoms with Gasteiger partial charge in [0.1, 0.15) is 23.8 Å². The van der Waals surface area contributed by atoms with Gasteiger partial charge in [0.2, 0.25) is 0 Å². The standard InChI is InChI=1S/C15H18N6S/c1-9(2)15-20-19-12-4-3-10(7-21(12)15)18-14-13-11(5-6-22-13)16-8-17-14/h5-6,8-10H,3-4,7H2,1-2H3,(H,16,17,18). The van der Waals surface area contributed by atoms with Crippen molar-refractivity contribution in [2.24, 2.45) is 0 Å². The van der Waals surface area contributed by atoms with Gasteiger partial charge in [0.15, 0.2) is 0 Å². The molecule has 7 heteroatoms. The number of nitrogens with one attached hydrogen (secondary N) is 1. The zero-order chi connectivity index (χ0) is 15.1. The average molecular weight is 314 g/mol. The molecule has 0 bridgehead atoms. The van der Waals surface area contributed by atoms with Gasteiger partial charge in [0.05, 0.1) is 10.2 Å². The maximum atomic E-state index is 4.42. The minimum absolute atomic E-state index is 0.348. The van der Waals surface area contributed by atoms with Crippen LogP contribution in [0.4, 0.5) is 5.82 Å². The smallest absolute Gasteiger partial charge is 0.147 e. The van der Waals surface area contributed by atoms with Gasteiger partial charge in [-0.1, -0.05) is 13.8 Å². The maximum Gasteiger partial charge on any atom is 0.147 e. The summed E-state index contributed by atoms with van der Waals surface area (Å²) in [6.07, 6.45) is 3.63. The normalized spacial score (nSPS) is 17.9. The Labute approximate surface area is 132 Å². The fraction of sp³-hybridized carbons (Fsp3) is 0.467. The Morgan fingerprint density at radius 3 is 3.09 bits per heavy atom. The molecular weight excluding hydrogens is 296 g/mol. The molecule has 0 saturated heterocycles. The summed E-state index contributed by atoms with van der Waals surface area (Å²) in [5.74, 6) is 3.51. The summed E-state index contributed by atoms with van der Waals surface area (Å²) in [6, 6.07) is 2.38. The highest BCUT2D eigenvalue weighted by molar-refractivity contribution is 7.17. The molecule has 0 radical (unpaired) electrons. The van der Waals surface area contributed by atoms with Crippen molar-refractivity contribution >= 4 is 27.4 Å². The third-order valence-corrected chi connectivity index (χ3v) is 4.99. The first-order chi connectivity index (χ1) is 10.7. The Balaban J connectivity index is 1.60. The summed E-state index contributed by atoms with van der Waals surface area (Å²) >= 11 is 1.68. The number of anilines is 1. The number of nitrogens with zero attached hydrogens (tertiary/aromatic N) is 5. The van der Waals surface area contributed by atoms with Crippen molar-refractivity contribution in [3.63, 3.8) is 0 Å². The topological polar surface area (TPSA) is 68.5 Å². The van der Waals surface area contributed by atoms with Crippen molar-refractivity contribution < 1.29 is 0 Å². The molecule has 1 aliphatic rings. The van der Waals surface area contributed by atoms with Crippen LogP contribution in [0.2, 0.25) is 0 Å². The molecule has 22 heavy (non-hydrogen) atoms. The summed E-state index contributed by atoms with van der Waals surface area (Å²) in [5, 5.41) is 14.3. The molecule has 0 saturated carbocycles. The number of thiophene rings is 1. The van der Waals surface area contributed by atoms with E-state index < -0.39 is 0 Å². The number of hydrogen-bond donors (Lipinski definition) is 1. The molecule has 1 aliphatic heterocycles. The Kier molecular flexibility index (Phi) is 3.29. The summed E-state index contributed by atoms with van der Waals surface area (Å²) < 4.78 is 3.39. The molecule has 1 N–H and O–H groups in total. The number of rotatable bonds is 3. The summed E-state index contributed by atoms with van der Waals surface area (Å²) in [6.45, 7) is 5.22. The fourth-order valence-corrected chi connectivity index (χ4v) is 3.78. The second kappa shape index (κ2) is 5.31. The highest BCUT2D eigenvalue weighted by Crippen LogP contribution is 2.27. The Bertz CT molecular complexity index is 805. The van der Waals surface area contributed by atoms with Crippen LogP contribution in [0, 0.1) is 0 Å². The van der Waals surface area contributed by atoms with Crippen LogP contribution in [0.1, 0.15) is 37.8 Å². The Morgan fingerprint density at radius 1 is 1.32 bits per heavy atom. The molecule has 0 aliphatic carbocycles. The highest BCUT2D eigenvalue weighted by atomic mass is 32.1. The van der Waals surface area contributed by atoms with Gasteiger partial charge in [-0.25, -0.2) is 9.97 Å². The lowest BCUT2D eigenvalue weighted by Crippen LogP contribution is -2.32. The Hall–Kier alpha value is -2.02. The van der Waals surface area contributed by atoms with E-state index in [0.717, 1.165) is 47.1 Å². The second-order valence-electron chi connectivity index (χ2n) is 5.98. The van der Waals surface area contributed by atoms with Crippen LogP contribution in [0.3, 0.4) is 0 Å². The summed E-state index contributed by atoms with van der Waals surface area (Å²) in [7, 11) is 0. The quantitative estimate of drug-likeness (QED) is 0.805. The molecule has 0 amide bonds. The van der Waals surface area contributed by atoms with Crippen molar-refractivity contribution in [1.29, 1.82) is 0 Å². The van der Waals surface area contributed by atoms with Crippen LogP contribution in [0.25, 0.3) is 10.2 Å². The first kappa shape index (κ1) is 13.6. The summed E-state index contributed by atoms with van der Waals surface area (Å²) in [5.41, 5.74) is 1.01. The molecule has 114 valence electrons. The predicted octanol–water partition coefficient (Wildman–Crippen LogP) is 2.83. The summed E-state index contributed by atoms with van der Waals surface area (Å²) in [4.78, 5) is 8.72. The minimum Gasteiger partial charge on any atom is -0.364 e. The van der Waals surface area contributed by atoms with Crippen molar-refractivity contribution in [2.75, 3.05) is 5.32 Å². The molecule has 0 aromatic carbocycles.